The number of rotatable bonds is 4. The molecule has 5 nitrogen and oxygen atoms in total. The molecule has 0 aliphatic heterocycles. The second-order valence-corrected chi connectivity index (χ2v) is 5.22. The Morgan fingerprint density at radius 2 is 2.11 bits per heavy atom. The summed E-state index contributed by atoms with van der Waals surface area (Å²) in [6, 6.07) is 2.27. The fraction of sp³-hybridized carbons (Fsp3) is 0.500. The molecule has 5 heteroatoms. The molecule has 0 aliphatic carbocycles. The summed E-state index contributed by atoms with van der Waals surface area (Å²) in [6.07, 6.45) is 1.72. The van der Waals surface area contributed by atoms with Gasteiger partial charge in [0.1, 0.15) is 5.76 Å². The van der Waals surface area contributed by atoms with Crippen LogP contribution in [-0.2, 0) is 6.54 Å². The van der Waals surface area contributed by atoms with Crippen molar-refractivity contribution in [2.75, 3.05) is 17.7 Å². The lowest BCUT2D eigenvalue weighted by Gasteiger charge is -2.22. The van der Waals surface area contributed by atoms with E-state index in [-0.39, 0.29) is 6.04 Å². The highest BCUT2D eigenvalue weighted by molar-refractivity contribution is 5.66. The zero-order valence-electron chi connectivity index (χ0n) is 12.3. The minimum absolute atomic E-state index is 0.277. The highest BCUT2D eigenvalue weighted by Crippen LogP contribution is 2.29. The first kappa shape index (κ1) is 13.5. The number of nitrogens with two attached hydrogens (primary N) is 1. The van der Waals surface area contributed by atoms with Crippen LogP contribution in [-0.4, -0.2) is 16.8 Å². The van der Waals surface area contributed by atoms with E-state index in [1.54, 1.807) is 6.26 Å². The Bertz CT molecular complexity index is 568. The normalized spacial score (nSPS) is 11.3. The van der Waals surface area contributed by atoms with Gasteiger partial charge in [0.15, 0.2) is 5.82 Å². The highest BCUT2D eigenvalue weighted by atomic mass is 16.3. The lowest BCUT2D eigenvalue weighted by Crippen LogP contribution is -2.22. The summed E-state index contributed by atoms with van der Waals surface area (Å²) in [5.41, 5.74) is 8.95. The number of hydrogen-bond acceptors (Lipinski definition) is 4. The quantitative estimate of drug-likeness (QED) is 0.920. The molecule has 2 aromatic rings. The van der Waals surface area contributed by atoms with Crippen LogP contribution in [0.15, 0.2) is 16.7 Å². The van der Waals surface area contributed by atoms with Crippen LogP contribution < -0.4 is 10.6 Å². The fourth-order valence-electron chi connectivity index (χ4n) is 2.19. The fourth-order valence-corrected chi connectivity index (χ4v) is 2.19. The molecule has 2 aromatic heterocycles. The molecule has 0 bridgehead atoms. The molecule has 0 atom stereocenters. The molecule has 104 valence electrons. The zero-order chi connectivity index (χ0) is 14.2. The van der Waals surface area contributed by atoms with Crippen LogP contribution in [0.2, 0.25) is 0 Å². The van der Waals surface area contributed by atoms with Crippen molar-refractivity contribution in [3.63, 3.8) is 0 Å². The van der Waals surface area contributed by atoms with Crippen molar-refractivity contribution in [2.45, 2.75) is 40.3 Å². The largest absolute Gasteiger partial charge is 0.469 e. The van der Waals surface area contributed by atoms with Crippen molar-refractivity contribution < 1.29 is 4.42 Å². The number of anilines is 2. The van der Waals surface area contributed by atoms with Crippen LogP contribution in [0.1, 0.15) is 36.9 Å². The Morgan fingerprint density at radius 1 is 1.42 bits per heavy atom. The third-order valence-corrected chi connectivity index (χ3v) is 3.33. The van der Waals surface area contributed by atoms with E-state index in [2.05, 4.69) is 23.8 Å². The molecular weight excluding hydrogens is 240 g/mol. The monoisotopic (exact) mass is 262 g/mol. The van der Waals surface area contributed by atoms with Gasteiger partial charge >= 0.3 is 0 Å². The van der Waals surface area contributed by atoms with Gasteiger partial charge in [-0.1, -0.05) is 0 Å². The van der Waals surface area contributed by atoms with Crippen molar-refractivity contribution in [3.05, 3.63) is 29.3 Å². The van der Waals surface area contributed by atoms with Gasteiger partial charge in [-0.25, -0.2) is 4.68 Å². The Labute approximate surface area is 114 Å². The molecule has 2 heterocycles. The van der Waals surface area contributed by atoms with Gasteiger partial charge in [0.25, 0.3) is 0 Å². The van der Waals surface area contributed by atoms with Crippen molar-refractivity contribution in [2.24, 2.45) is 0 Å². The first-order chi connectivity index (χ1) is 8.91. The summed E-state index contributed by atoms with van der Waals surface area (Å²) in [4.78, 5) is 2.12. The van der Waals surface area contributed by atoms with E-state index in [4.69, 9.17) is 10.2 Å². The standard InChI is InChI=1S/C14H22N4O/c1-9(2)18-14(13(15)10(3)16-18)17(5)8-12-6-7-19-11(12)4/h6-7,9H,8,15H2,1-5H3. The van der Waals surface area contributed by atoms with E-state index >= 15 is 0 Å². The number of aromatic nitrogens is 2. The van der Waals surface area contributed by atoms with E-state index in [1.807, 2.05) is 31.6 Å². The number of nitrogen functional groups attached to an aromatic ring is 1. The Hall–Kier alpha value is -1.91. The highest BCUT2D eigenvalue weighted by Gasteiger charge is 2.19. The maximum Gasteiger partial charge on any atom is 0.150 e. The van der Waals surface area contributed by atoms with Gasteiger partial charge in [-0.05, 0) is 33.8 Å². The Balaban J connectivity index is 2.33. The van der Waals surface area contributed by atoms with Gasteiger partial charge in [-0.2, -0.15) is 5.10 Å². The summed E-state index contributed by atoms with van der Waals surface area (Å²) in [5, 5.41) is 4.51. The molecule has 2 N–H and O–H groups in total. The summed E-state index contributed by atoms with van der Waals surface area (Å²) in [7, 11) is 2.03. The molecule has 19 heavy (non-hydrogen) atoms. The molecule has 0 saturated carbocycles. The topological polar surface area (TPSA) is 60.2 Å². The number of furan rings is 1. The minimum atomic E-state index is 0.277. The number of nitrogens with zero attached hydrogens (tertiary/aromatic N) is 3. The zero-order valence-corrected chi connectivity index (χ0v) is 12.3. The van der Waals surface area contributed by atoms with Crippen LogP contribution in [0.25, 0.3) is 0 Å². The molecule has 0 aromatic carbocycles. The molecule has 0 saturated heterocycles. The van der Waals surface area contributed by atoms with Crippen LogP contribution in [0.4, 0.5) is 11.5 Å². The number of aryl methyl sites for hydroxylation is 2. The minimum Gasteiger partial charge on any atom is -0.469 e. The first-order valence-corrected chi connectivity index (χ1v) is 6.50. The molecule has 0 aliphatic rings. The number of hydrogen-bond donors (Lipinski definition) is 1. The summed E-state index contributed by atoms with van der Waals surface area (Å²) < 4.78 is 7.31. The molecule has 0 radical (unpaired) electrons. The van der Waals surface area contributed by atoms with Gasteiger partial charge in [-0.3, -0.25) is 0 Å². The summed E-state index contributed by atoms with van der Waals surface area (Å²) >= 11 is 0. The van der Waals surface area contributed by atoms with Crippen LogP contribution in [0, 0.1) is 13.8 Å². The SMILES string of the molecule is Cc1nn(C(C)C)c(N(C)Cc2ccoc2C)c1N. The molecule has 0 spiro atoms. The maximum atomic E-state index is 6.16. The van der Waals surface area contributed by atoms with Crippen molar-refractivity contribution in [1.82, 2.24) is 9.78 Å². The van der Waals surface area contributed by atoms with Crippen molar-refractivity contribution in [3.8, 4) is 0 Å². The third-order valence-electron chi connectivity index (χ3n) is 3.33. The maximum absolute atomic E-state index is 6.16. The van der Waals surface area contributed by atoms with Crippen LogP contribution >= 0.6 is 0 Å². The van der Waals surface area contributed by atoms with Gasteiger partial charge in [0, 0.05) is 25.2 Å². The lowest BCUT2D eigenvalue weighted by molar-refractivity contribution is 0.520. The molecule has 2 rings (SSSR count). The summed E-state index contributed by atoms with van der Waals surface area (Å²) in [6.45, 7) is 8.87. The van der Waals surface area contributed by atoms with E-state index in [9.17, 15) is 0 Å². The van der Waals surface area contributed by atoms with Crippen molar-refractivity contribution >= 4 is 11.5 Å². The van der Waals surface area contributed by atoms with E-state index in [0.717, 1.165) is 35.1 Å². The van der Waals surface area contributed by atoms with E-state index in [1.165, 1.54) is 0 Å². The second-order valence-electron chi connectivity index (χ2n) is 5.22. The van der Waals surface area contributed by atoms with Crippen molar-refractivity contribution in [1.29, 1.82) is 0 Å². The van der Waals surface area contributed by atoms with E-state index in [0.29, 0.717) is 0 Å². The van der Waals surface area contributed by atoms with Crippen LogP contribution in [0.5, 0.6) is 0 Å². The van der Waals surface area contributed by atoms with Gasteiger partial charge in [-0.15, -0.1) is 0 Å². The Kier molecular flexibility index (Phi) is 3.55. The van der Waals surface area contributed by atoms with Gasteiger partial charge < -0.3 is 15.1 Å². The van der Waals surface area contributed by atoms with E-state index < -0.39 is 0 Å². The molecule has 0 unspecified atom stereocenters. The smallest absolute Gasteiger partial charge is 0.150 e. The second kappa shape index (κ2) is 4.99. The van der Waals surface area contributed by atoms with Gasteiger partial charge in [0.05, 0.1) is 17.6 Å². The molecular formula is C14H22N4O. The predicted molar refractivity (Wildman–Crippen MR) is 77.3 cm³/mol. The lowest BCUT2D eigenvalue weighted by atomic mass is 10.2. The van der Waals surface area contributed by atoms with Gasteiger partial charge in [0.2, 0.25) is 0 Å². The molecule has 0 fully saturated rings. The molecule has 0 amide bonds. The Morgan fingerprint density at radius 3 is 2.63 bits per heavy atom. The predicted octanol–water partition coefficient (Wildman–Crippen LogP) is 2.89. The third kappa shape index (κ3) is 2.45. The first-order valence-electron chi connectivity index (χ1n) is 6.50. The average molecular weight is 262 g/mol. The summed E-state index contributed by atoms with van der Waals surface area (Å²) in [5.74, 6) is 1.91. The average Bonchev–Trinajstić information content (AvgIpc) is 2.85. The van der Waals surface area contributed by atoms with Crippen LogP contribution in [0.3, 0.4) is 0 Å².